The molecule has 3 heteroatoms. The zero-order chi connectivity index (χ0) is 10.8. The van der Waals surface area contributed by atoms with E-state index < -0.39 is 6.04 Å². The van der Waals surface area contributed by atoms with Crippen LogP contribution in [-0.4, -0.2) is 18.5 Å². The second-order valence-electron chi connectivity index (χ2n) is 3.48. The van der Waals surface area contributed by atoms with Crippen LogP contribution in [0.25, 0.3) is 0 Å². The predicted octanol–water partition coefficient (Wildman–Crippen LogP) is 1.59. The van der Waals surface area contributed by atoms with Crippen molar-refractivity contribution >= 4 is 5.91 Å². The van der Waals surface area contributed by atoms with E-state index >= 15 is 0 Å². The summed E-state index contributed by atoms with van der Waals surface area (Å²) in [6, 6.07) is -0.432. The molecule has 3 N–H and O–H groups in total. The van der Waals surface area contributed by atoms with Gasteiger partial charge in [0.1, 0.15) is 0 Å². The van der Waals surface area contributed by atoms with E-state index in [0.717, 1.165) is 13.0 Å². The van der Waals surface area contributed by atoms with Crippen LogP contribution in [0.5, 0.6) is 0 Å². The van der Waals surface area contributed by atoms with Gasteiger partial charge in [-0.3, -0.25) is 4.79 Å². The number of amides is 1. The lowest BCUT2D eigenvalue weighted by Gasteiger charge is -2.09. The Labute approximate surface area is 86.8 Å². The van der Waals surface area contributed by atoms with Crippen molar-refractivity contribution in [1.82, 2.24) is 5.32 Å². The highest BCUT2D eigenvalue weighted by Gasteiger charge is 2.09. The fourth-order valence-corrected chi connectivity index (χ4v) is 1.18. The minimum Gasteiger partial charge on any atom is -0.355 e. The Bertz CT molecular complexity index is 169. The van der Waals surface area contributed by atoms with Gasteiger partial charge in [-0.15, -0.1) is 6.58 Å². The molecule has 14 heavy (non-hydrogen) atoms. The number of rotatable bonds is 8. The fraction of sp³-hybridized carbons (Fsp3) is 0.727. The molecule has 0 saturated carbocycles. The summed E-state index contributed by atoms with van der Waals surface area (Å²) in [7, 11) is 0. The van der Waals surface area contributed by atoms with Crippen LogP contribution in [-0.2, 0) is 4.79 Å². The Morgan fingerprint density at radius 2 is 2.21 bits per heavy atom. The summed E-state index contributed by atoms with van der Waals surface area (Å²) in [5.41, 5.74) is 5.59. The Hall–Kier alpha value is -0.830. The van der Waals surface area contributed by atoms with Crippen LogP contribution in [0.1, 0.15) is 39.0 Å². The van der Waals surface area contributed by atoms with E-state index in [1.165, 1.54) is 19.3 Å². The Balaban J connectivity index is 3.38. The predicted molar refractivity (Wildman–Crippen MR) is 59.9 cm³/mol. The number of unbranched alkanes of at least 4 members (excludes halogenated alkanes) is 3. The number of hydrogen-bond donors (Lipinski definition) is 2. The molecular weight excluding hydrogens is 176 g/mol. The van der Waals surface area contributed by atoms with Crippen LogP contribution in [0.3, 0.4) is 0 Å². The molecule has 1 atom stereocenters. The topological polar surface area (TPSA) is 55.1 Å². The average Bonchev–Trinajstić information content (AvgIpc) is 2.17. The van der Waals surface area contributed by atoms with E-state index in [-0.39, 0.29) is 5.91 Å². The molecule has 0 saturated heterocycles. The van der Waals surface area contributed by atoms with Gasteiger partial charge in [0.25, 0.3) is 0 Å². The number of hydrogen-bond acceptors (Lipinski definition) is 2. The minimum absolute atomic E-state index is 0.0681. The summed E-state index contributed by atoms with van der Waals surface area (Å²) in [6.45, 7) is 6.45. The van der Waals surface area contributed by atoms with E-state index in [2.05, 4.69) is 18.8 Å². The van der Waals surface area contributed by atoms with Crippen molar-refractivity contribution in [2.45, 2.75) is 45.1 Å². The summed E-state index contributed by atoms with van der Waals surface area (Å²) in [6.07, 6.45) is 6.87. The molecule has 0 bridgehead atoms. The normalized spacial score (nSPS) is 12.1. The van der Waals surface area contributed by atoms with E-state index in [1.54, 1.807) is 6.08 Å². The molecule has 1 amide bonds. The lowest BCUT2D eigenvalue weighted by atomic mass is 10.2. The van der Waals surface area contributed by atoms with Gasteiger partial charge < -0.3 is 11.1 Å². The van der Waals surface area contributed by atoms with Crippen LogP contribution in [0.2, 0.25) is 0 Å². The molecule has 82 valence electrons. The summed E-state index contributed by atoms with van der Waals surface area (Å²) < 4.78 is 0. The zero-order valence-corrected chi connectivity index (χ0v) is 9.09. The third-order valence-corrected chi connectivity index (χ3v) is 2.09. The molecule has 0 rings (SSSR count). The van der Waals surface area contributed by atoms with Gasteiger partial charge in [-0.1, -0.05) is 32.3 Å². The van der Waals surface area contributed by atoms with E-state index in [1.807, 2.05) is 0 Å². The zero-order valence-electron chi connectivity index (χ0n) is 9.09. The first-order valence-corrected chi connectivity index (χ1v) is 5.36. The number of carbonyl (C=O) groups is 1. The summed E-state index contributed by atoms with van der Waals surface area (Å²) in [5.74, 6) is -0.0681. The molecule has 0 aromatic rings. The number of nitrogens with one attached hydrogen (secondary N) is 1. The van der Waals surface area contributed by atoms with Crippen molar-refractivity contribution in [1.29, 1.82) is 0 Å². The first kappa shape index (κ1) is 13.2. The van der Waals surface area contributed by atoms with Gasteiger partial charge in [0.05, 0.1) is 6.04 Å². The molecule has 0 aliphatic rings. The molecule has 0 aliphatic heterocycles. The molecule has 0 fully saturated rings. The quantitative estimate of drug-likeness (QED) is 0.459. The molecule has 0 radical (unpaired) electrons. The maximum atomic E-state index is 11.3. The third-order valence-electron chi connectivity index (χ3n) is 2.09. The van der Waals surface area contributed by atoms with Crippen molar-refractivity contribution in [3.63, 3.8) is 0 Å². The molecule has 3 nitrogen and oxygen atoms in total. The highest BCUT2D eigenvalue weighted by molar-refractivity contribution is 5.81. The monoisotopic (exact) mass is 198 g/mol. The first-order chi connectivity index (χ1) is 6.72. The van der Waals surface area contributed by atoms with Crippen molar-refractivity contribution in [2.75, 3.05) is 6.54 Å². The maximum absolute atomic E-state index is 11.3. The smallest absolute Gasteiger partial charge is 0.237 e. The summed E-state index contributed by atoms with van der Waals surface area (Å²) in [5, 5.41) is 2.81. The fourth-order valence-electron chi connectivity index (χ4n) is 1.18. The molecule has 0 aliphatic carbocycles. The van der Waals surface area contributed by atoms with Crippen LogP contribution in [0.4, 0.5) is 0 Å². The lowest BCUT2D eigenvalue weighted by Crippen LogP contribution is -2.40. The van der Waals surface area contributed by atoms with Crippen molar-refractivity contribution in [3.05, 3.63) is 12.7 Å². The highest BCUT2D eigenvalue weighted by Crippen LogP contribution is 1.97. The van der Waals surface area contributed by atoms with Gasteiger partial charge in [0.15, 0.2) is 0 Å². The Morgan fingerprint density at radius 1 is 1.50 bits per heavy atom. The van der Waals surface area contributed by atoms with E-state index in [4.69, 9.17) is 5.73 Å². The molecule has 0 spiro atoms. The SMILES string of the molecule is C=CCC(N)C(=O)NCCCCCC. The van der Waals surface area contributed by atoms with Gasteiger partial charge in [-0.05, 0) is 12.8 Å². The standard InChI is InChI=1S/C11H22N2O/c1-3-5-6-7-9-13-11(14)10(12)8-4-2/h4,10H,2-3,5-9,12H2,1H3,(H,13,14). The highest BCUT2D eigenvalue weighted by atomic mass is 16.2. The molecule has 0 heterocycles. The Kier molecular flexibility index (Phi) is 8.24. The maximum Gasteiger partial charge on any atom is 0.237 e. The lowest BCUT2D eigenvalue weighted by molar-refractivity contribution is -0.122. The second kappa shape index (κ2) is 8.75. The van der Waals surface area contributed by atoms with Crippen LogP contribution >= 0.6 is 0 Å². The number of nitrogens with two attached hydrogens (primary N) is 1. The van der Waals surface area contributed by atoms with Gasteiger partial charge in [-0.25, -0.2) is 0 Å². The first-order valence-electron chi connectivity index (χ1n) is 5.36. The van der Waals surface area contributed by atoms with Gasteiger partial charge in [0.2, 0.25) is 5.91 Å². The largest absolute Gasteiger partial charge is 0.355 e. The third kappa shape index (κ3) is 6.66. The Morgan fingerprint density at radius 3 is 2.79 bits per heavy atom. The van der Waals surface area contributed by atoms with Crippen molar-refractivity contribution < 1.29 is 4.79 Å². The van der Waals surface area contributed by atoms with Crippen molar-refractivity contribution in [3.8, 4) is 0 Å². The van der Waals surface area contributed by atoms with E-state index in [9.17, 15) is 4.79 Å². The van der Waals surface area contributed by atoms with Gasteiger partial charge in [0, 0.05) is 6.54 Å². The summed E-state index contributed by atoms with van der Waals surface area (Å²) >= 11 is 0. The molecular formula is C11H22N2O. The van der Waals surface area contributed by atoms with Gasteiger partial charge in [-0.2, -0.15) is 0 Å². The van der Waals surface area contributed by atoms with E-state index in [0.29, 0.717) is 6.42 Å². The molecule has 1 unspecified atom stereocenters. The molecule has 0 aromatic heterocycles. The van der Waals surface area contributed by atoms with Crippen LogP contribution in [0, 0.1) is 0 Å². The number of carbonyl (C=O) groups excluding carboxylic acids is 1. The second-order valence-corrected chi connectivity index (χ2v) is 3.48. The minimum atomic E-state index is -0.432. The summed E-state index contributed by atoms with van der Waals surface area (Å²) in [4.78, 5) is 11.3. The van der Waals surface area contributed by atoms with Crippen LogP contribution in [0.15, 0.2) is 12.7 Å². The van der Waals surface area contributed by atoms with Gasteiger partial charge >= 0.3 is 0 Å². The van der Waals surface area contributed by atoms with Crippen LogP contribution < -0.4 is 11.1 Å². The molecule has 0 aromatic carbocycles. The van der Waals surface area contributed by atoms with Crippen molar-refractivity contribution in [2.24, 2.45) is 5.73 Å². The average molecular weight is 198 g/mol.